The van der Waals surface area contributed by atoms with E-state index >= 15 is 0 Å². The second kappa shape index (κ2) is 6.55. The van der Waals surface area contributed by atoms with Gasteiger partial charge in [-0.05, 0) is 45.7 Å². The van der Waals surface area contributed by atoms with Crippen LogP contribution < -0.4 is 10.9 Å². The number of fused-ring (bicyclic) bond motifs is 3. The first kappa shape index (κ1) is 17.5. The average molecular weight is 358 g/mol. The predicted octanol–water partition coefficient (Wildman–Crippen LogP) is 2.85. The van der Waals surface area contributed by atoms with Gasteiger partial charge >= 0.3 is 0 Å². The van der Waals surface area contributed by atoms with Crippen LogP contribution in [0.3, 0.4) is 0 Å². The first-order valence-corrected chi connectivity index (χ1v) is 9.20. The van der Waals surface area contributed by atoms with Crippen molar-refractivity contribution in [1.82, 2.24) is 19.9 Å². The van der Waals surface area contributed by atoms with Gasteiger partial charge in [0, 0.05) is 17.1 Å². The number of carbonyl (C=O) groups is 1. The molecule has 0 unspecified atom stereocenters. The molecule has 0 radical (unpaired) electrons. The third-order valence-corrected chi connectivity index (χ3v) is 5.45. The smallest absolute Gasteiger partial charge is 0.272 e. The summed E-state index contributed by atoms with van der Waals surface area (Å²) in [6.45, 7) is 9.63. The fraction of sp³-hybridized carbons (Fsp3) is 0.444. The van der Waals surface area contributed by atoms with Gasteiger partial charge < -0.3 is 5.32 Å². The van der Waals surface area contributed by atoms with E-state index in [4.69, 9.17) is 0 Å². The van der Waals surface area contributed by atoms with Crippen LogP contribution >= 0.6 is 11.3 Å². The molecule has 7 heteroatoms. The molecule has 3 rings (SSSR count). The Morgan fingerprint density at radius 3 is 2.72 bits per heavy atom. The van der Waals surface area contributed by atoms with E-state index in [1.54, 1.807) is 6.92 Å². The highest BCUT2D eigenvalue weighted by molar-refractivity contribution is 7.25. The molecule has 1 N–H and O–H groups in total. The summed E-state index contributed by atoms with van der Waals surface area (Å²) in [5.41, 5.74) is 2.49. The number of thiophene rings is 1. The maximum absolute atomic E-state index is 12.9. The molecular formula is C18H22N4O2S. The number of aromatic nitrogens is 3. The van der Waals surface area contributed by atoms with Crippen molar-refractivity contribution in [3.05, 3.63) is 33.5 Å². The Hall–Kier alpha value is -2.28. The Balaban J connectivity index is 2.13. The van der Waals surface area contributed by atoms with Gasteiger partial charge in [-0.1, -0.05) is 6.92 Å². The molecule has 0 saturated carbocycles. The maximum Gasteiger partial charge on any atom is 0.272 e. The molecule has 1 atom stereocenters. The Kier molecular flexibility index (Phi) is 4.60. The van der Waals surface area contributed by atoms with Crippen LogP contribution in [-0.4, -0.2) is 26.5 Å². The number of carbonyl (C=O) groups excluding carboxylic acids is 1. The van der Waals surface area contributed by atoms with E-state index in [0.717, 1.165) is 27.9 Å². The van der Waals surface area contributed by atoms with E-state index in [9.17, 15) is 9.59 Å². The quantitative estimate of drug-likeness (QED) is 0.778. The van der Waals surface area contributed by atoms with Gasteiger partial charge in [0.1, 0.15) is 21.9 Å². The highest BCUT2D eigenvalue weighted by Crippen LogP contribution is 2.32. The fourth-order valence-electron chi connectivity index (χ4n) is 2.92. The lowest BCUT2D eigenvalue weighted by Crippen LogP contribution is -2.37. The number of nitrogens with zero attached hydrogens (tertiary/aromatic N) is 3. The number of hydrogen-bond acceptors (Lipinski definition) is 5. The van der Waals surface area contributed by atoms with Crippen LogP contribution in [0.1, 0.15) is 37.4 Å². The van der Waals surface area contributed by atoms with Crippen LogP contribution in [0.5, 0.6) is 0 Å². The normalized spacial score (nSPS) is 12.7. The van der Waals surface area contributed by atoms with Crippen molar-refractivity contribution < 1.29 is 4.79 Å². The van der Waals surface area contributed by atoms with Crippen LogP contribution in [0.2, 0.25) is 0 Å². The van der Waals surface area contributed by atoms with E-state index in [2.05, 4.69) is 15.3 Å². The van der Waals surface area contributed by atoms with Crippen molar-refractivity contribution in [2.24, 2.45) is 0 Å². The first-order valence-electron chi connectivity index (χ1n) is 8.39. The lowest BCUT2D eigenvalue weighted by Gasteiger charge is -2.13. The monoisotopic (exact) mass is 358 g/mol. The van der Waals surface area contributed by atoms with Crippen LogP contribution in [-0.2, 0) is 11.3 Å². The zero-order chi connectivity index (χ0) is 18.3. The predicted molar refractivity (Wildman–Crippen MR) is 101 cm³/mol. The number of rotatable bonds is 4. The molecule has 0 aliphatic heterocycles. The first-order chi connectivity index (χ1) is 11.8. The Morgan fingerprint density at radius 2 is 2.04 bits per heavy atom. The Bertz CT molecular complexity index is 1040. The summed E-state index contributed by atoms with van der Waals surface area (Å²) < 4.78 is 2.00. The molecule has 0 aliphatic carbocycles. The van der Waals surface area contributed by atoms with Gasteiger partial charge in [0.05, 0.1) is 5.52 Å². The minimum atomic E-state index is -0.179. The van der Waals surface area contributed by atoms with Gasteiger partial charge in [-0.25, -0.2) is 9.97 Å². The molecule has 0 aliphatic rings. The number of hydrogen-bond donors (Lipinski definition) is 1. The molecule has 6 nitrogen and oxygen atoms in total. The molecule has 0 bridgehead atoms. The molecule has 3 heterocycles. The van der Waals surface area contributed by atoms with Crippen molar-refractivity contribution in [1.29, 1.82) is 0 Å². The average Bonchev–Trinajstić information content (AvgIpc) is 2.89. The SMILES string of the molecule is CC[C@H](C)NC(=O)Cn1c(C)nc2c(sc3nc(C)cc(C)c32)c1=O. The maximum atomic E-state index is 12.9. The highest BCUT2D eigenvalue weighted by atomic mass is 32.1. The van der Waals surface area contributed by atoms with Crippen molar-refractivity contribution in [3.63, 3.8) is 0 Å². The summed E-state index contributed by atoms with van der Waals surface area (Å²) in [4.78, 5) is 35.1. The minimum Gasteiger partial charge on any atom is -0.352 e. The minimum absolute atomic E-state index is 0.0162. The number of amides is 1. The van der Waals surface area contributed by atoms with E-state index in [1.807, 2.05) is 33.8 Å². The standard InChI is InChI=1S/C18H22N4O2S/c1-6-10(3)19-13(23)8-22-12(5)21-15-14-9(2)7-11(4)20-17(14)25-16(15)18(22)24/h7,10H,6,8H2,1-5H3,(H,19,23)/t10-/m0/s1. The van der Waals surface area contributed by atoms with Crippen molar-refractivity contribution in [2.75, 3.05) is 0 Å². The van der Waals surface area contributed by atoms with Gasteiger partial charge in [0.15, 0.2) is 0 Å². The van der Waals surface area contributed by atoms with Crippen molar-refractivity contribution >= 4 is 37.7 Å². The summed E-state index contributed by atoms with van der Waals surface area (Å²) >= 11 is 1.35. The number of nitrogens with one attached hydrogen (secondary N) is 1. The molecule has 0 fully saturated rings. The van der Waals surface area contributed by atoms with E-state index < -0.39 is 0 Å². The lowest BCUT2D eigenvalue weighted by molar-refractivity contribution is -0.122. The molecular weight excluding hydrogens is 336 g/mol. The Morgan fingerprint density at radius 1 is 1.32 bits per heavy atom. The summed E-state index contributed by atoms with van der Waals surface area (Å²) in [6.07, 6.45) is 0.845. The van der Waals surface area contributed by atoms with E-state index in [-0.39, 0.29) is 24.1 Å². The van der Waals surface area contributed by atoms with Crippen LogP contribution in [0.15, 0.2) is 10.9 Å². The third kappa shape index (κ3) is 3.16. The zero-order valence-corrected chi connectivity index (χ0v) is 16.0. The highest BCUT2D eigenvalue weighted by Gasteiger charge is 2.18. The number of aryl methyl sites for hydroxylation is 3. The largest absolute Gasteiger partial charge is 0.352 e. The van der Waals surface area contributed by atoms with Gasteiger partial charge in [-0.15, -0.1) is 11.3 Å². The fourth-order valence-corrected chi connectivity index (χ4v) is 4.10. The molecule has 3 aromatic rings. The van der Waals surface area contributed by atoms with E-state index in [0.29, 0.717) is 16.0 Å². The zero-order valence-electron chi connectivity index (χ0n) is 15.1. The summed E-state index contributed by atoms with van der Waals surface area (Å²) in [6, 6.07) is 2.08. The number of pyridine rings is 1. The van der Waals surface area contributed by atoms with Gasteiger partial charge in [-0.3, -0.25) is 14.2 Å². The Labute approximate surface area is 149 Å². The van der Waals surface area contributed by atoms with E-state index in [1.165, 1.54) is 15.9 Å². The topological polar surface area (TPSA) is 76.9 Å². The van der Waals surface area contributed by atoms with Crippen molar-refractivity contribution in [2.45, 2.75) is 53.6 Å². The molecule has 0 spiro atoms. The summed E-state index contributed by atoms with van der Waals surface area (Å²) in [7, 11) is 0. The summed E-state index contributed by atoms with van der Waals surface area (Å²) in [5, 5.41) is 3.82. The molecule has 25 heavy (non-hydrogen) atoms. The van der Waals surface area contributed by atoms with Gasteiger partial charge in [0.2, 0.25) is 5.91 Å². The molecule has 1 amide bonds. The van der Waals surface area contributed by atoms with Crippen molar-refractivity contribution in [3.8, 4) is 0 Å². The molecule has 0 aromatic carbocycles. The lowest BCUT2D eigenvalue weighted by atomic mass is 10.1. The second-order valence-electron chi connectivity index (χ2n) is 6.47. The third-order valence-electron chi connectivity index (χ3n) is 4.39. The van der Waals surface area contributed by atoms with Crippen LogP contribution in [0.25, 0.3) is 20.4 Å². The molecule has 3 aromatic heterocycles. The summed E-state index contributed by atoms with van der Waals surface area (Å²) in [5.74, 6) is 0.364. The van der Waals surface area contributed by atoms with Crippen LogP contribution in [0.4, 0.5) is 0 Å². The van der Waals surface area contributed by atoms with Gasteiger partial charge in [0.25, 0.3) is 5.56 Å². The van der Waals surface area contributed by atoms with Gasteiger partial charge in [-0.2, -0.15) is 0 Å². The molecule has 132 valence electrons. The van der Waals surface area contributed by atoms with Crippen LogP contribution in [0, 0.1) is 20.8 Å². The molecule has 0 saturated heterocycles. The second-order valence-corrected chi connectivity index (χ2v) is 7.47.